The number of aliphatic hydroxyl groups is 3. The van der Waals surface area contributed by atoms with E-state index in [1.807, 2.05) is 6.92 Å². The summed E-state index contributed by atoms with van der Waals surface area (Å²) < 4.78 is 0. The molecule has 4 nitrogen and oxygen atoms in total. The van der Waals surface area contributed by atoms with Gasteiger partial charge in [-0.1, -0.05) is 25.5 Å². The number of allylic oxidation sites excluding steroid dienone is 1. The van der Waals surface area contributed by atoms with Gasteiger partial charge in [0.05, 0.1) is 17.8 Å². The molecule has 0 aromatic carbocycles. The third-order valence-corrected chi connectivity index (χ3v) is 8.85. The topological polar surface area (TPSA) is 77.8 Å². The molecule has 0 amide bonds. The third-order valence-electron chi connectivity index (χ3n) is 8.85. The number of carbonyl (C=O) groups is 1. The van der Waals surface area contributed by atoms with Gasteiger partial charge in [-0.05, 0) is 69.1 Å². The highest BCUT2D eigenvalue weighted by Crippen LogP contribution is 2.67. The summed E-state index contributed by atoms with van der Waals surface area (Å²) in [5.74, 6) is 0.155. The molecule has 140 valence electrons. The lowest BCUT2D eigenvalue weighted by atomic mass is 9.45. The highest BCUT2D eigenvalue weighted by Gasteiger charge is 2.70. The quantitative estimate of drug-likeness (QED) is 0.637. The Morgan fingerprint density at radius 1 is 1.16 bits per heavy atom. The fraction of sp³-hybridized carbons (Fsp3) is 0.857. The Morgan fingerprint density at radius 3 is 2.56 bits per heavy atom. The number of rotatable bonds is 1. The number of hydrogen-bond donors (Lipinski definition) is 3. The van der Waals surface area contributed by atoms with Crippen molar-refractivity contribution >= 4 is 5.78 Å². The van der Waals surface area contributed by atoms with Gasteiger partial charge in [0.15, 0.2) is 0 Å². The normalized spacial score (nSPS) is 55.0. The monoisotopic (exact) mass is 348 g/mol. The predicted octanol–water partition coefficient (Wildman–Crippen LogP) is 2.60. The second kappa shape index (κ2) is 5.40. The third kappa shape index (κ3) is 2.08. The summed E-state index contributed by atoms with van der Waals surface area (Å²) in [7, 11) is 0. The molecule has 0 radical (unpaired) electrons. The summed E-state index contributed by atoms with van der Waals surface area (Å²) in [6.07, 6.45) is 6.49. The zero-order valence-electron chi connectivity index (χ0n) is 15.7. The summed E-state index contributed by atoms with van der Waals surface area (Å²) >= 11 is 0. The van der Waals surface area contributed by atoms with Crippen molar-refractivity contribution < 1.29 is 20.1 Å². The zero-order valence-corrected chi connectivity index (χ0v) is 15.7. The minimum Gasteiger partial charge on any atom is -0.393 e. The molecule has 0 aromatic rings. The van der Waals surface area contributed by atoms with Crippen molar-refractivity contribution in [2.75, 3.05) is 0 Å². The van der Waals surface area contributed by atoms with E-state index in [-0.39, 0.29) is 35.1 Å². The highest BCUT2D eigenvalue weighted by molar-refractivity contribution is 5.80. The fourth-order valence-corrected chi connectivity index (χ4v) is 7.24. The van der Waals surface area contributed by atoms with Gasteiger partial charge in [-0.15, -0.1) is 0 Å². The average Bonchev–Trinajstić information content (AvgIpc) is 2.83. The van der Waals surface area contributed by atoms with Crippen LogP contribution >= 0.6 is 0 Å². The summed E-state index contributed by atoms with van der Waals surface area (Å²) in [6, 6.07) is 0. The predicted molar refractivity (Wildman–Crippen MR) is 94.7 cm³/mol. The van der Waals surface area contributed by atoms with Gasteiger partial charge in [0, 0.05) is 11.3 Å². The molecule has 0 saturated heterocycles. The van der Waals surface area contributed by atoms with Crippen LogP contribution in [0.1, 0.15) is 65.7 Å². The van der Waals surface area contributed by atoms with E-state index in [1.165, 1.54) is 5.57 Å². The van der Waals surface area contributed by atoms with Crippen LogP contribution in [0.15, 0.2) is 11.6 Å². The molecule has 0 aromatic heterocycles. The number of Topliss-reactive ketones (excluding diaryl/α,β-unsaturated/α-hetero) is 1. The van der Waals surface area contributed by atoms with Crippen LogP contribution in [0, 0.1) is 28.6 Å². The van der Waals surface area contributed by atoms with Gasteiger partial charge < -0.3 is 15.3 Å². The van der Waals surface area contributed by atoms with E-state index in [1.54, 1.807) is 6.92 Å². The first kappa shape index (κ1) is 17.7. The Kier molecular flexibility index (Phi) is 3.82. The van der Waals surface area contributed by atoms with E-state index in [9.17, 15) is 20.1 Å². The first-order valence-electron chi connectivity index (χ1n) is 9.93. The SMILES string of the molecule is CC(=O)[C@H]1CC[C@@]2(O)[C@@H]3CC=C4C[C@@H](O)CC[C@]4(C)[C@H]3C[C@H](O)[C@]12C. The maximum absolute atomic E-state index is 12.2. The van der Waals surface area contributed by atoms with Crippen LogP contribution in [0.2, 0.25) is 0 Å². The van der Waals surface area contributed by atoms with Crippen molar-refractivity contribution in [3.8, 4) is 0 Å². The van der Waals surface area contributed by atoms with Crippen LogP contribution in [0.3, 0.4) is 0 Å². The maximum Gasteiger partial charge on any atom is 0.133 e. The van der Waals surface area contributed by atoms with Crippen molar-refractivity contribution in [3.05, 3.63) is 11.6 Å². The fourth-order valence-electron chi connectivity index (χ4n) is 7.24. The summed E-state index contributed by atoms with van der Waals surface area (Å²) in [6.45, 7) is 5.81. The lowest BCUT2D eigenvalue weighted by Crippen LogP contribution is -2.66. The van der Waals surface area contributed by atoms with Gasteiger partial charge in [0.25, 0.3) is 0 Å². The Balaban J connectivity index is 1.77. The second-order valence-corrected chi connectivity index (χ2v) is 9.65. The molecule has 0 aliphatic heterocycles. The van der Waals surface area contributed by atoms with E-state index >= 15 is 0 Å². The molecular weight excluding hydrogens is 316 g/mol. The van der Waals surface area contributed by atoms with Gasteiger partial charge >= 0.3 is 0 Å². The highest BCUT2D eigenvalue weighted by atomic mass is 16.3. The molecule has 0 spiro atoms. The molecule has 0 heterocycles. The van der Waals surface area contributed by atoms with Crippen molar-refractivity contribution in [3.63, 3.8) is 0 Å². The summed E-state index contributed by atoms with van der Waals surface area (Å²) in [4.78, 5) is 12.2. The summed E-state index contributed by atoms with van der Waals surface area (Å²) in [5, 5.41) is 33.0. The smallest absolute Gasteiger partial charge is 0.133 e. The van der Waals surface area contributed by atoms with E-state index in [0.717, 1.165) is 25.7 Å². The van der Waals surface area contributed by atoms with Gasteiger partial charge in [-0.25, -0.2) is 0 Å². The van der Waals surface area contributed by atoms with Crippen molar-refractivity contribution in [2.45, 2.75) is 83.5 Å². The number of carbonyl (C=O) groups excluding carboxylic acids is 1. The number of ketones is 1. The van der Waals surface area contributed by atoms with Crippen molar-refractivity contribution in [1.82, 2.24) is 0 Å². The summed E-state index contributed by atoms with van der Waals surface area (Å²) in [5.41, 5.74) is -0.454. The van der Waals surface area contributed by atoms with Gasteiger partial charge in [-0.2, -0.15) is 0 Å². The first-order chi connectivity index (χ1) is 11.6. The molecule has 0 unspecified atom stereocenters. The molecule has 25 heavy (non-hydrogen) atoms. The minimum absolute atomic E-state index is 0.0471. The van der Waals surface area contributed by atoms with Crippen LogP contribution < -0.4 is 0 Å². The Morgan fingerprint density at radius 2 is 1.88 bits per heavy atom. The minimum atomic E-state index is -0.979. The number of fused-ring (bicyclic) bond motifs is 5. The molecule has 4 aliphatic rings. The molecule has 0 bridgehead atoms. The van der Waals surface area contributed by atoms with Crippen molar-refractivity contribution in [2.24, 2.45) is 28.6 Å². The van der Waals surface area contributed by atoms with E-state index < -0.39 is 17.1 Å². The first-order valence-corrected chi connectivity index (χ1v) is 9.93. The Bertz CT molecular complexity index is 627. The number of hydrogen-bond acceptors (Lipinski definition) is 4. The van der Waals surface area contributed by atoms with Crippen LogP contribution in [-0.2, 0) is 4.79 Å². The van der Waals surface area contributed by atoms with Gasteiger partial charge in [-0.3, -0.25) is 4.79 Å². The Labute approximate surface area is 150 Å². The lowest BCUT2D eigenvalue weighted by Gasteiger charge is -2.62. The molecule has 3 saturated carbocycles. The molecular formula is C21H32O4. The second-order valence-electron chi connectivity index (χ2n) is 9.65. The average molecular weight is 348 g/mol. The van der Waals surface area contributed by atoms with Crippen LogP contribution in [0.25, 0.3) is 0 Å². The van der Waals surface area contributed by atoms with E-state index in [4.69, 9.17) is 0 Å². The molecule has 4 heteroatoms. The van der Waals surface area contributed by atoms with Crippen LogP contribution in [0.5, 0.6) is 0 Å². The Hall–Kier alpha value is -0.710. The van der Waals surface area contributed by atoms with Crippen LogP contribution in [0.4, 0.5) is 0 Å². The largest absolute Gasteiger partial charge is 0.393 e. The van der Waals surface area contributed by atoms with E-state index in [2.05, 4.69) is 13.0 Å². The molecule has 4 rings (SSSR count). The standard InChI is InChI=1S/C21H32O4/c1-12(22)15-7-9-21(25)16-5-4-13-10-14(23)6-8-19(13,2)17(16)11-18(24)20(15,21)3/h4,14-18,23-25H,5-11H2,1-3H3/t14-,15+,16+,17-,18-,19-,20-,21+/m0/s1. The van der Waals surface area contributed by atoms with Crippen LogP contribution in [-0.4, -0.2) is 38.9 Å². The molecule has 8 atom stereocenters. The molecule has 4 aliphatic carbocycles. The van der Waals surface area contributed by atoms with E-state index in [0.29, 0.717) is 19.3 Å². The zero-order chi connectivity index (χ0) is 18.2. The van der Waals surface area contributed by atoms with Crippen molar-refractivity contribution in [1.29, 1.82) is 0 Å². The number of aliphatic hydroxyl groups excluding tert-OH is 2. The lowest BCUT2D eigenvalue weighted by molar-refractivity contribution is -0.224. The molecule has 3 fully saturated rings. The van der Waals surface area contributed by atoms with Gasteiger partial charge in [0.2, 0.25) is 0 Å². The maximum atomic E-state index is 12.2. The molecule has 3 N–H and O–H groups in total. The van der Waals surface area contributed by atoms with Gasteiger partial charge in [0.1, 0.15) is 5.78 Å².